The lowest BCUT2D eigenvalue weighted by Crippen LogP contribution is -2.14. The molecule has 0 saturated heterocycles. The largest absolute Gasteiger partial charge is 0.494 e. The molecular weight excluding hydrogens is 222 g/mol. The average molecular weight is 240 g/mol. The standard InChI is InChI=1S/C13H18ClNO/c1-3-16-12-6-8(2)11(14)7-10(12)13(15)9-4-5-9/h6-7,9,13H,3-5,15H2,1-2H3. The van der Waals surface area contributed by atoms with Crippen LogP contribution in [0.1, 0.15) is 36.9 Å². The summed E-state index contributed by atoms with van der Waals surface area (Å²) < 4.78 is 5.63. The van der Waals surface area contributed by atoms with E-state index in [4.69, 9.17) is 22.1 Å². The Bertz CT molecular complexity index is 388. The van der Waals surface area contributed by atoms with Gasteiger partial charge >= 0.3 is 0 Å². The first-order valence-electron chi connectivity index (χ1n) is 5.82. The van der Waals surface area contributed by atoms with Gasteiger partial charge in [0.1, 0.15) is 5.75 Å². The molecule has 1 aliphatic carbocycles. The number of benzene rings is 1. The van der Waals surface area contributed by atoms with Gasteiger partial charge < -0.3 is 10.5 Å². The summed E-state index contributed by atoms with van der Waals surface area (Å²) in [6.07, 6.45) is 2.44. The van der Waals surface area contributed by atoms with E-state index in [0.29, 0.717) is 12.5 Å². The third-order valence-electron chi connectivity index (χ3n) is 3.08. The number of rotatable bonds is 4. The second-order valence-electron chi connectivity index (χ2n) is 4.44. The van der Waals surface area contributed by atoms with Crippen molar-refractivity contribution in [3.05, 3.63) is 28.3 Å². The molecule has 0 heterocycles. The van der Waals surface area contributed by atoms with Gasteiger partial charge in [0.2, 0.25) is 0 Å². The maximum Gasteiger partial charge on any atom is 0.124 e. The van der Waals surface area contributed by atoms with Crippen molar-refractivity contribution >= 4 is 11.6 Å². The number of hydrogen-bond donors (Lipinski definition) is 1. The van der Waals surface area contributed by atoms with Crippen LogP contribution < -0.4 is 10.5 Å². The molecule has 0 amide bonds. The summed E-state index contributed by atoms with van der Waals surface area (Å²) >= 11 is 6.14. The molecule has 2 N–H and O–H groups in total. The van der Waals surface area contributed by atoms with Crippen molar-refractivity contribution in [2.45, 2.75) is 32.7 Å². The van der Waals surface area contributed by atoms with E-state index in [1.807, 2.05) is 26.0 Å². The maximum absolute atomic E-state index is 6.21. The smallest absolute Gasteiger partial charge is 0.124 e. The van der Waals surface area contributed by atoms with Gasteiger partial charge in [-0.1, -0.05) is 11.6 Å². The first kappa shape index (κ1) is 11.7. The molecule has 3 heteroatoms. The molecule has 0 aromatic heterocycles. The van der Waals surface area contributed by atoms with E-state index in [1.54, 1.807) is 0 Å². The highest BCUT2D eigenvalue weighted by atomic mass is 35.5. The molecule has 1 aromatic rings. The van der Waals surface area contributed by atoms with Gasteiger partial charge in [0.25, 0.3) is 0 Å². The van der Waals surface area contributed by atoms with Crippen LogP contribution in [-0.2, 0) is 0 Å². The van der Waals surface area contributed by atoms with Gasteiger partial charge in [0.15, 0.2) is 0 Å². The van der Waals surface area contributed by atoms with Crippen LogP contribution in [0.4, 0.5) is 0 Å². The van der Waals surface area contributed by atoms with Crippen LogP contribution >= 0.6 is 11.6 Å². The fourth-order valence-electron chi connectivity index (χ4n) is 1.92. The Morgan fingerprint density at radius 2 is 2.19 bits per heavy atom. The fourth-order valence-corrected chi connectivity index (χ4v) is 2.09. The first-order valence-corrected chi connectivity index (χ1v) is 6.19. The summed E-state index contributed by atoms with van der Waals surface area (Å²) in [5.74, 6) is 1.50. The highest BCUT2D eigenvalue weighted by Crippen LogP contribution is 2.43. The molecule has 2 rings (SSSR count). The third-order valence-corrected chi connectivity index (χ3v) is 3.49. The van der Waals surface area contributed by atoms with E-state index in [1.165, 1.54) is 12.8 Å². The summed E-state index contributed by atoms with van der Waals surface area (Å²) in [4.78, 5) is 0. The van der Waals surface area contributed by atoms with Crippen LogP contribution in [0.5, 0.6) is 5.75 Å². The topological polar surface area (TPSA) is 35.2 Å². The van der Waals surface area contributed by atoms with E-state index in [-0.39, 0.29) is 6.04 Å². The fraction of sp³-hybridized carbons (Fsp3) is 0.538. The van der Waals surface area contributed by atoms with E-state index in [0.717, 1.165) is 21.9 Å². The lowest BCUT2D eigenvalue weighted by molar-refractivity contribution is 0.332. The molecule has 0 aliphatic heterocycles. The predicted octanol–water partition coefficient (Wildman–Crippen LogP) is 3.46. The van der Waals surface area contributed by atoms with Gasteiger partial charge in [-0.05, 0) is 50.3 Å². The lowest BCUT2D eigenvalue weighted by atomic mass is 10.0. The van der Waals surface area contributed by atoms with Crippen LogP contribution in [0.15, 0.2) is 12.1 Å². The van der Waals surface area contributed by atoms with E-state index < -0.39 is 0 Å². The quantitative estimate of drug-likeness (QED) is 0.874. The van der Waals surface area contributed by atoms with E-state index in [2.05, 4.69) is 0 Å². The van der Waals surface area contributed by atoms with Gasteiger partial charge in [0, 0.05) is 16.6 Å². The Labute approximate surface area is 102 Å². The minimum Gasteiger partial charge on any atom is -0.494 e. The molecule has 16 heavy (non-hydrogen) atoms. The normalized spacial score (nSPS) is 17.2. The van der Waals surface area contributed by atoms with Crippen LogP contribution in [0.2, 0.25) is 5.02 Å². The molecule has 1 atom stereocenters. The Morgan fingerprint density at radius 3 is 2.75 bits per heavy atom. The molecule has 0 bridgehead atoms. The Morgan fingerprint density at radius 1 is 1.50 bits per heavy atom. The monoisotopic (exact) mass is 239 g/mol. The van der Waals surface area contributed by atoms with Crippen molar-refractivity contribution in [1.82, 2.24) is 0 Å². The van der Waals surface area contributed by atoms with Crippen LogP contribution in [-0.4, -0.2) is 6.61 Å². The van der Waals surface area contributed by atoms with Crippen molar-refractivity contribution in [3.63, 3.8) is 0 Å². The van der Waals surface area contributed by atoms with E-state index >= 15 is 0 Å². The van der Waals surface area contributed by atoms with E-state index in [9.17, 15) is 0 Å². The summed E-state index contributed by atoms with van der Waals surface area (Å²) in [5, 5.41) is 0.773. The van der Waals surface area contributed by atoms with Crippen LogP contribution in [0, 0.1) is 12.8 Å². The number of ether oxygens (including phenoxy) is 1. The zero-order valence-electron chi connectivity index (χ0n) is 9.79. The summed E-state index contributed by atoms with van der Waals surface area (Å²) in [7, 11) is 0. The Kier molecular flexibility index (Phi) is 3.41. The van der Waals surface area contributed by atoms with Crippen LogP contribution in [0.3, 0.4) is 0 Å². The van der Waals surface area contributed by atoms with Crippen molar-refractivity contribution in [2.75, 3.05) is 6.61 Å². The van der Waals surface area contributed by atoms with Crippen molar-refractivity contribution in [2.24, 2.45) is 11.7 Å². The van der Waals surface area contributed by atoms with Crippen molar-refractivity contribution < 1.29 is 4.74 Å². The van der Waals surface area contributed by atoms with Gasteiger partial charge in [-0.25, -0.2) is 0 Å². The average Bonchev–Trinajstić information content (AvgIpc) is 3.06. The minimum atomic E-state index is 0.0691. The number of aryl methyl sites for hydroxylation is 1. The Balaban J connectivity index is 2.35. The number of halogens is 1. The van der Waals surface area contributed by atoms with Crippen LogP contribution in [0.25, 0.3) is 0 Å². The zero-order chi connectivity index (χ0) is 11.7. The molecule has 1 fully saturated rings. The molecular formula is C13H18ClNO. The van der Waals surface area contributed by atoms with Gasteiger partial charge in [-0.15, -0.1) is 0 Å². The summed E-state index contributed by atoms with van der Waals surface area (Å²) in [6.45, 7) is 4.62. The predicted molar refractivity (Wildman–Crippen MR) is 67.0 cm³/mol. The van der Waals surface area contributed by atoms with Gasteiger partial charge in [0.05, 0.1) is 6.61 Å². The van der Waals surface area contributed by atoms with Gasteiger partial charge in [-0.2, -0.15) is 0 Å². The first-order chi connectivity index (χ1) is 7.63. The molecule has 1 unspecified atom stereocenters. The van der Waals surface area contributed by atoms with Crippen molar-refractivity contribution in [3.8, 4) is 5.75 Å². The molecule has 1 aromatic carbocycles. The highest BCUT2D eigenvalue weighted by Gasteiger charge is 2.31. The molecule has 0 radical (unpaired) electrons. The zero-order valence-corrected chi connectivity index (χ0v) is 10.6. The minimum absolute atomic E-state index is 0.0691. The summed E-state index contributed by atoms with van der Waals surface area (Å²) in [5.41, 5.74) is 8.31. The molecule has 1 aliphatic rings. The summed E-state index contributed by atoms with van der Waals surface area (Å²) in [6, 6.07) is 4.02. The number of nitrogens with two attached hydrogens (primary N) is 1. The number of hydrogen-bond acceptors (Lipinski definition) is 2. The second-order valence-corrected chi connectivity index (χ2v) is 4.84. The maximum atomic E-state index is 6.21. The SMILES string of the molecule is CCOc1cc(C)c(Cl)cc1C(N)C1CC1. The van der Waals surface area contributed by atoms with Gasteiger partial charge in [-0.3, -0.25) is 0 Å². The molecule has 0 spiro atoms. The third kappa shape index (κ3) is 2.33. The lowest BCUT2D eigenvalue weighted by Gasteiger charge is -2.17. The van der Waals surface area contributed by atoms with Crippen molar-refractivity contribution in [1.29, 1.82) is 0 Å². The molecule has 1 saturated carbocycles. The molecule has 88 valence electrons. The highest BCUT2D eigenvalue weighted by molar-refractivity contribution is 6.31. The Hall–Kier alpha value is -0.730. The second kappa shape index (κ2) is 4.64. The molecule has 2 nitrogen and oxygen atoms in total.